The second kappa shape index (κ2) is 8.24. The number of tetrazole rings is 1. The van der Waals surface area contributed by atoms with Crippen molar-refractivity contribution in [1.82, 2.24) is 20.6 Å². The Hall–Kier alpha value is -3.22. The number of hydrogen-bond acceptors (Lipinski definition) is 5. The molecule has 0 saturated carbocycles. The zero-order valence-electron chi connectivity index (χ0n) is 14.8. The van der Waals surface area contributed by atoms with Crippen LogP contribution in [0.15, 0.2) is 48.5 Å². The van der Waals surface area contributed by atoms with Gasteiger partial charge in [-0.25, -0.2) is 0 Å². The number of aromatic amines is 1. The summed E-state index contributed by atoms with van der Waals surface area (Å²) in [4.78, 5) is 12.8. The fourth-order valence-corrected chi connectivity index (χ4v) is 2.67. The van der Waals surface area contributed by atoms with Gasteiger partial charge in [-0.2, -0.15) is 5.21 Å². The van der Waals surface area contributed by atoms with Gasteiger partial charge in [0.25, 0.3) is 0 Å². The predicted octanol–water partition coefficient (Wildman–Crippen LogP) is 2.74. The van der Waals surface area contributed by atoms with Crippen molar-refractivity contribution in [2.75, 3.05) is 12.4 Å². The average Bonchev–Trinajstić information content (AvgIpc) is 3.21. The molecule has 2 aromatic carbocycles. The molecule has 0 fully saturated rings. The maximum Gasteiger partial charge on any atom is 0.235 e. The molecule has 0 unspecified atom stereocenters. The van der Waals surface area contributed by atoms with Crippen molar-refractivity contribution < 1.29 is 9.53 Å². The van der Waals surface area contributed by atoms with Crippen molar-refractivity contribution in [2.24, 2.45) is 0 Å². The molecule has 0 aliphatic heterocycles. The number of H-pyrrole nitrogens is 1. The third kappa shape index (κ3) is 4.24. The molecule has 3 aromatic rings. The lowest BCUT2D eigenvalue weighted by atomic mass is 9.97. The molecule has 3 rings (SSSR count). The lowest BCUT2D eigenvalue weighted by Crippen LogP contribution is -2.24. The number of methoxy groups -OCH3 is 1. The molecule has 0 saturated heterocycles. The Morgan fingerprint density at radius 2 is 1.81 bits per heavy atom. The van der Waals surface area contributed by atoms with Crippen LogP contribution in [0.25, 0.3) is 0 Å². The van der Waals surface area contributed by atoms with Gasteiger partial charge in [0, 0.05) is 5.69 Å². The predicted molar refractivity (Wildman–Crippen MR) is 98.1 cm³/mol. The van der Waals surface area contributed by atoms with Gasteiger partial charge in [-0.3, -0.25) is 4.79 Å². The van der Waals surface area contributed by atoms with Crippen LogP contribution in [0.3, 0.4) is 0 Å². The van der Waals surface area contributed by atoms with E-state index >= 15 is 0 Å². The molecule has 1 amide bonds. The van der Waals surface area contributed by atoms with Crippen LogP contribution in [0.2, 0.25) is 0 Å². The summed E-state index contributed by atoms with van der Waals surface area (Å²) >= 11 is 0. The van der Waals surface area contributed by atoms with E-state index in [2.05, 4.69) is 32.9 Å². The van der Waals surface area contributed by atoms with Gasteiger partial charge in [0.15, 0.2) is 5.82 Å². The Kier molecular flexibility index (Phi) is 5.58. The Balaban J connectivity index is 1.77. The highest BCUT2D eigenvalue weighted by atomic mass is 16.5. The second-order valence-corrected chi connectivity index (χ2v) is 5.91. The van der Waals surface area contributed by atoms with Gasteiger partial charge in [-0.15, -0.1) is 10.2 Å². The smallest absolute Gasteiger partial charge is 0.235 e. The molecule has 1 heterocycles. The van der Waals surface area contributed by atoms with Crippen LogP contribution in [0, 0.1) is 0 Å². The third-order valence-corrected chi connectivity index (χ3v) is 4.22. The number of carbonyl (C=O) groups is 1. The summed E-state index contributed by atoms with van der Waals surface area (Å²) in [6.45, 7) is 2.09. The molecule has 0 radical (unpaired) electrons. The highest BCUT2D eigenvalue weighted by Crippen LogP contribution is 2.22. The number of nitrogens with zero attached hydrogens (tertiary/aromatic N) is 3. The van der Waals surface area contributed by atoms with Crippen LogP contribution in [-0.2, 0) is 17.6 Å². The molecule has 7 nitrogen and oxygen atoms in total. The number of rotatable bonds is 7. The molecular formula is C19H21N5O2. The summed E-state index contributed by atoms with van der Waals surface area (Å²) in [5.74, 6) is 0.410. The van der Waals surface area contributed by atoms with Gasteiger partial charge in [-0.05, 0) is 48.2 Å². The Morgan fingerprint density at radius 1 is 1.12 bits per heavy atom. The van der Waals surface area contributed by atoms with E-state index in [-0.39, 0.29) is 5.91 Å². The van der Waals surface area contributed by atoms with Crippen molar-refractivity contribution >= 4 is 11.6 Å². The van der Waals surface area contributed by atoms with Gasteiger partial charge >= 0.3 is 0 Å². The molecule has 0 aliphatic rings. The van der Waals surface area contributed by atoms with Crippen LogP contribution in [0.4, 0.5) is 5.69 Å². The fourth-order valence-electron chi connectivity index (χ4n) is 2.67. The van der Waals surface area contributed by atoms with Gasteiger partial charge in [0.2, 0.25) is 5.91 Å². The Labute approximate surface area is 151 Å². The first-order valence-corrected chi connectivity index (χ1v) is 8.45. The molecule has 26 heavy (non-hydrogen) atoms. The number of carbonyl (C=O) groups excluding carboxylic acids is 1. The van der Waals surface area contributed by atoms with Crippen LogP contribution in [0.5, 0.6) is 5.75 Å². The molecule has 1 atom stereocenters. The summed E-state index contributed by atoms with van der Waals surface area (Å²) in [6, 6.07) is 15.4. The number of aromatic nitrogens is 4. The van der Waals surface area contributed by atoms with Crippen LogP contribution >= 0.6 is 0 Å². The summed E-state index contributed by atoms with van der Waals surface area (Å²) in [6.07, 6.45) is 1.42. The zero-order valence-corrected chi connectivity index (χ0v) is 14.8. The van der Waals surface area contributed by atoms with Crippen molar-refractivity contribution in [3.63, 3.8) is 0 Å². The molecule has 2 N–H and O–H groups in total. The topological polar surface area (TPSA) is 92.8 Å². The quantitative estimate of drug-likeness (QED) is 0.683. The molecule has 0 aliphatic carbocycles. The number of benzene rings is 2. The molecule has 134 valence electrons. The second-order valence-electron chi connectivity index (χ2n) is 5.91. The van der Waals surface area contributed by atoms with Crippen molar-refractivity contribution in [1.29, 1.82) is 0 Å². The lowest BCUT2D eigenvalue weighted by molar-refractivity contribution is -0.117. The summed E-state index contributed by atoms with van der Waals surface area (Å²) in [5.41, 5.74) is 2.95. The van der Waals surface area contributed by atoms with Crippen molar-refractivity contribution in [3.8, 4) is 5.75 Å². The maximum absolute atomic E-state index is 12.8. The Morgan fingerprint density at radius 3 is 2.38 bits per heavy atom. The lowest BCUT2D eigenvalue weighted by Gasteiger charge is -2.14. The zero-order chi connectivity index (χ0) is 18.4. The van der Waals surface area contributed by atoms with E-state index in [1.807, 2.05) is 48.5 Å². The van der Waals surface area contributed by atoms with E-state index in [0.717, 1.165) is 23.4 Å². The van der Waals surface area contributed by atoms with E-state index in [1.54, 1.807) is 7.11 Å². The van der Waals surface area contributed by atoms with Gasteiger partial charge in [0.05, 0.1) is 7.11 Å². The van der Waals surface area contributed by atoms with E-state index < -0.39 is 5.92 Å². The molecule has 0 spiro atoms. The number of aryl methyl sites for hydroxylation is 1. The molecule has 7 heteroatoms. The Bertz CT molecular complexity index is 829. The number of amides is 1. The van der Waals surface area contributed by atoms with Gasteiger partial charge in [0.1, 0.15) is 11.7 Å². The minimum atomic E-state index is -0.548. The van der Waals surface area contributed by atoms with E-state index in [9.17, 15) is 4.79 Å². The summed E-state index contributed by atoms with van der Waals surface area (Å²) < 4.78 is 5.17. The SMILES string of the molecule is CCc1ccc(NC(=O)[C@H](Cc2ccc(OC)cc2)c2nn[nH]n2)cc1. The highest BCUT2D eigenvalue weighted by Gasteiger charge is 2.25. The number of hydrogen-bond donors (Lipinski definition) is 2. The number of nitrogens with one attached hydrogen (secondary N) is 2. The van der Waals surface area contributed by atoms with E-state index in [4.69, 9.17) is 4.74 Å². The molecular weight excluding hydrogens is 330 g/mol. The molecule has 1 aromatic heterocycles. The summed E-state index contributed by atoms with van der Waals surface area (Å²) in [5, 5.41) is 17.0. The minimum absolute atomic E-state index is 0.175. The first-order valence-electron chi connectivity index (χ1n) is 8.45. The number of anilines is 1. The average molecular weight is 351 g/mol. The first kappa shape index (κ1) is 17.6. The summed E-state index contributed by atoms with van der Waals surface area (Å²) in [7, 11) is 1.62. The first-order chi connectivity index (χ1) is 12.7. The standard InChI is InChI=1S/C19H21N5O2/c1-3-13-4-8-15(9-5-13)20-19(25)17(18-21-23-24-22-18)12-14-6-10-16(26-2)11-7-14/h4-11,17H,3,12H2,1-2H3,(H,20,25)(H,21,22,23,24)/t17-/m1/s1. The normalized spacial score (nSPS) is 11.8. The fraction of sp³-hybridized carbons (Fsp3) is 0.263. The van der Waals surface area contributed by atoms with Crippen LogP contribution in [-0.4, -0.2) is 33.6 Å². The number of ether oxygens (including phenoxy) is 1. The monoisotopic (exact) mass is 351 g/mol. The van der Waals surface area contributed by atoms with E-state index in [1.165, 1.54) is 5.56 Å². The highest BCUT2D eigenvalue weighted by molar-refractivity contribution is 5.95. The third-order valence-electron chi connectivity index (χ3n) is 4.22. The van der Waals surface area contributed by atoms with E-state index in [0.29, 0.717) is 12.2 Å². The maximum atomic E-state index is 12.8. The van der Waals surface area contributed by atoms with Crippen molar-refractivity contribution in [2.45, 2.75) is 25.7 Å². The van der Waals surface area contributed by atoms with Gasteiger partial charge < -0.3 is 10.1 Å². The molecule has 0 bridgehead atoms. The van der Waals surface area contributed by atoms with Crippen LogP contribution in [0.1, 0.15) is 29.8 Å². The van der Waals surface area contributed by atoms with Gasteiger partial charge in [-0.1, -0.05) is 36.4 Å². The van der Waals surface area contributed by atoms with Crippen LogP contribution < -0.4 is 10.1 Å². The minimum Gasteiger partial charge on any atom is -0.497 e. The van der Waals surface area contributed by atoms with Crippen molar-refractivity contribution in [3.05, 3.63) is 65.5 Å². The largest absolute Gasteiger partial charge is 0.497 e.